The van der Waals surface area contributed by atoms with Crippen LogP contribution in [0.1, 0.15) is 13.8 Å². The number of rotatable bonds is 1. The average molecular weight is 174 g/mol. The second-order valence-corrected chi connectivity index (χ2v) is 3.47. The van der Waals surface area contributed by atoms with E-state index in [0.29, 0.717) is 0 Å². The first-order valence-electron chi connectivity index (χ1n) is 3.47. The van der Waals surface area contributed by atoms with Gasteiger partial charge in [-0.05, 0) is 12.7 Å². The van der Waals surface area contributed by atoms with Gasteiger partial charge in [0, 0.05) is 14.1 Å². The number of carbonyl (C=O) groups excluding carboxylic acids is 1. The summed E-state index contributed by atoms with van der Waals surface area (Å²) in [5.74, 6) is 1.53. The molecule has 4 heteroatoms. The van der Waals surface area contributed by atoms with Gasteiger partial charge in [0.2, 0.25) is 0 Å². The number of hydrogen-bond acceptors (Lipinski definition) is 2. The minimum absolute atomic E-state index is 0.112. The van der Waals surface area contributed by atoms with Crippen LogP contribution in [0.15, 0.2) is 4.99 Å². The summed E-state index contributed by atoms with van der Waals surface area (Å²) in [6, 6.07) is 0. The van der Waals surface area contributed by atoms with Gasteiger partial charge in [0.1, 0.15) is 5.84 Å². The predicted octanol–water partition coefficient (Wildman–Crippen LogP) is 1.84. The van der Waals surface area contributed by atoms with Crippen LogP contribution in [0.5, 0.6) is 0 Å². The van der Waals surface area contributed by atoms with Crippen molar-refractivity contribution < 1.29 is 4.79 Å². The third kappa shape index (κ3) is 4.84. The molecule has 64 valence electrons. The van der Waals surface area contributed by atoms with Crippen LogP contribution in [-0.4, -0.2) is 35.8 Å². The molecule has 11 heavy (non-hydrogen) atoms. The van der Waals surface area contributed by atoms with Crippen LogP contribution in [-0.2, 0) is 0 Å². The first kappa shape index (κ1) is 10.5. The summed E-state index contributed by atoms with van der Waals surface area (Å²) in [6.45, 7) is 3.75. The molecular weight excluding hydrogens is 160 g/mol. The van der Waals surface area contributed by atoms with Gasteiger partial charge in [0.05, 0.1) is 0 Å². The Hall–Kier alpha value is -0.510. The van der Waals surface area contributed by atoms with Gasteiger partial charge in [-0.25, -0.2) is 0 Å². The maximum absolute atomic E-state index is 10.9. The van der Waals surface area contributed by atoms with Crippen LogP contribution in [0.2, 0.25) is 0 Å². The monoisotopic (exact) mass is 174 g/mol. The van der Waals surface area contributed by atoms with Crippen LogP contribution in [0, 0.1) is 0 Å². The fourth-order valence-corrected chi connectivity index (χ4v) is 0.831. The third-order valence-corrected chi connectivity index (χ3v) is 1.80. The van der Waals surface area contributed by atoms with Crippen molar-refractivity contribution in [2.24, 2.45) is 4.99 Å². The van der Waals surface area contributed by atoms with Crippen LogP contribution < -0.4 is 0 Å². The summed E-state index contributed by atoms with van der Waals surface area (Å²) in [5.41, 5.74) is 0. The summed E-state index contributed by atoms with van der Waals surface area (Å²) < 4.78 is 0. The smallest absolute Gasteiger partial charge is 0.306 e. The van der Waals surface area contributed by atoms with Crippen molar-refractivity contribution >= 4 is 22.8 Å². The lowest BCUT2D eigenvalue weighted by Crippen LogP contribution is -2.19. The molecule has 0 atom stereocenters. The van der Waals surface area contributed by atoms with E-state index in [1.54, 1.807) is 0 Å². The number of amidine groups is 1. The standard InChI is InChI=1S/C7H14N2OS/c1-5-11-7(10)8-6(2)9(3)4/h5H2,1-4H3/b8-6-. The Morgan fingerprint density at radius 2 is 2.09 bits per heavy atom. The van der Waals surface area contributed by atoms with Crippen molar-refractivity contribution in [3.8, 4) is 0 Å². The fraction of sp³-hybridized carbons (Fsp3) is 0.714. The lowest BCUT2D eigenvalue weighted by atomic mass is 10.6. The first-order chi connectivity index (χ1) is 5.07. The molecule has 0 aromatic heterocycles. The molecule has 0 fully saturated rings. The summed E-state index contributed by atoms with van der Waals surface area (Å²) in [4.78, 5) is 16.6. The molecule has 0 rings (SSSR count). The number of amides is 1. The normalized spacial score (nSPS) is 11.5. The molecule has 0 N–H and O–H groups in total. The summed E-state index contributed by atoms with van der Waals surface area (Å²) >= 11 is 1.22. The molecule has 0 aromatic rings. The van der Waals surface area contributed by atoms with Crippen molar-refractivity contribution in [1.29, 1.82) is 0 Å². The van der Waals surface area contributed by atoms with Crippen molar-refractivity contribution in [3.05, 3.63) is 0 Å². The predicted molar refractivity (Wildman–Crippen MR) is 50.3 cm³/mol. The van der Waals surface area contributed by atoms with E-state index in [9.17, 15) is 4.79 Å². The molecule has 0 unspecified atom stereocenters. The van der Waals surface area contributed by atoms with Crippen LogP contribution >= 0.6 is 11.8 Å². The third-order valence-electron chi connectivity index (χ3n) is 1.17. The largest absolute Gasteiger partial charge is 0.366 e. The van der Waals surface area contributed by atoms with Gasteiger partial charge in [-0.15, -0.1) is 0 Å². The summed E-state index contributed by atoms with van der Waals surface area (Å²) in [6.07, 6.45) is 0. The van der Waals surface area contributed by atoms with E-state index in [2.05, 4.69) is 4.99 Å². The van der Waals surface area contributed by atoms with Gasteiger partial charge in [-0.2, -0.15) is 4.99 Å². The molecule has 3 nitrogen and oxygen atoms in total. The SMILES string of the molecule is CCSC(=O)/N=C(/C)N(C)C. The number of carbonyl (C=O) groups is 1. The second-order valence-electron chi connectivity index (χ2n) is 2.25. The maximum Gasteiger partial charge on any atom is 0.306 e. The van der Waals surface area contributed by atoms with E-state index in [1.807, 2.05) is 32.8 Å². The topological polar surface area (TPSA) is 32.7 Å². The zero-order valence-corrected chi connectivity index (χ0v) is 8.23. The average Bonchev–Trinajstić information content (AvgIpc) is 1.87. The molecule has 0 aliphatic rings. The van der Waals surface area contributed by atoms with Crippen molar-refractivity contribution in [3.63, 3.8) is 0 Å². The fourth-order valence-electron chi connectivity index (χ4n) is 0.388. The lowest BCUT2D eigenvalue weighted by Gasteiger charge is -2.09. The zero-order chi connectivity index (χ0) is 8.85. The highest BCUT2D eigenvalue weighted by molar-refractivity contribution is 8.13. The van der Waals surface area contributed by atoms with Crippen LogP contribution in [0.4, 0.5) is 4.79 Å². The number of aliphatic imine (C=N–C) groups is 1. The van der Waals surface area contributed by atoms with E-state index in [4.69, 9.17) is 0 Å². The van der Waals surface area contributed by atoms with Gasteiger partial charge < -0.3 is 4.90 Å². The van der Waals surface area contributed by atoms with Gasteiger partial charge in [0.25, 0.3) is 0 Å². The molecule has 0 heterocycles. The second kappa shape index (κ2) is 5.18. The van der Waals surface area contributed by atoms with Gasteiger partial charge in [-0.1, -0.05) is 18.7 Å². The Morgan fingerprint density at radius 1 is 1.55 bits per heavy atom. The van der Waals surface area contributed by atoms with Crippen molar-refractivity contribution in [2.45, 2.75) is 13.8 Å². The Labute approximate surface area is 71.9 Å². The number of thioether (sulfide) groups is 1. The van der Waals surface area contributed by atoms with Gasteiger partial charge in [0.15, 0.2) is 0 Å². The van der Waals surface area contributed by atoms with Crippen LogP contribution in [0.3, 0.4) is 0 Å². The molecule has 0 saturated carbocycles. The first-order valence-corrected chi connectivity index (χ1v) is 4.45. The van der Waals surface area contributed by atoms with E-state index < -0.39 is 0 Å². The lowest BCUT2D eigenvalue weighted by molar-refractivity contribution is 0.267. The number of nitrogens with zero attached hydrogens (tertiary/aromatic N) is 2. The molecule has 0 bridgehead atoms. The summed E-state index contributed by atoms with van der Waals surface area (Å²) in [7, 11) is 3.73. The molecule has 1 amide bonds. The Bertz CT molecular complexity index is 166. The molecule has 0 spiro atoms. The zero-order valence-electron chi connectivity index (χ0n) is 7.42. The van der Waals surface area contributed by atoms with Crippen molar-refractivity contribution in [2.75, 3.05) is 19.8 Å². The number of hydrogen-bond donors (Lipinski definition) is 0. The molecular formula is C7H14N2OS. The molecule has 0 aromatic carbocycles. The van der Waals surface area contributed by atoms with E-state index in [1.165, 1.54) is 11.8 Å². The molecule has 0 aliphatic carbocycles. The Kier molecular flexibility index (Phi) is 4.94. The maximum atomic E-state index is 10.9. The summed E-state index contributed by atoms with van der Waals surface area (Å²) in [5, 5.41) is -0.112. The highest BCUT2D eigenvalue weighted by atomic mass is 32.2. The Morgan fingerprint density at radius 3 is 2.45 bits per heavy atom. The van der Waals surface area contributed by atoms with E-state index in [0.717, 1.165) is 11.6 Å². The highest BCUT2D eigenvalue weighted by Gasteiger charge is 1.99. The molecule has 0 saturated heterocycles. The van der Waals surface area contributed by atoms with Gasteiger partial charge in [-0.3, -0.25) is 4.79 Å². The molecule has 0 aliphatic heterocycles. The highest BCUT2D eigenvalue weighted by Crippen LogP contribution is 2.03. The molecule has 0 radical (unpaired) electrons. The Balaban J connectivity index is 3.97. The van der Waals surface area contributed by atoms with Crippen molar-refractivity contribution in [1.82, 2.24) is 4.90 Å². The van der Waals surface area contributed by atoms with E-state index >= 15 is 0 Å². The quantitative estimate of drug-likeness (QED) is 0.449. The van der Waals surface area contributed by atoms with Crippen LogP contribution in [0.25, 0.3) is 0 Å². The van der Waals surface area contributed by atoms with Gasteiger partial charge >= 0.3 is 5.24 Å². The minimum atomic E-state index is -0.112. The van der Waals surface area contributed by atoms with E-state index in [-0.39, 0.29) is 5.24 Å². The minimum Gasteiger partial charge on any atom is -0.366 e.